The molecule has 0 aliphatic heterocycles. The Bertz CT molecular complexity index is 875. The van der Waals surface area contributed by atoms with E-state index in [0.29, 0.717) is 31.5 Å². The molecule has 1 N–H and O–H groups in total. The molecular formula is C20H22N4O2S. The van der Waals surface area contributed by atoms with E-state index in [0.717, 1.165) is 11.3 Å². The molecule has 0 atom stereocenters. The van der Waals surface area contributed by atoms with Crippen LogP contribution in [0.2, 0.25) is 0 Å². The second kappa shape index (κ2) is 9.14. The van der Waals surface area contributed by atoms with Crippen LogP contribution < -0.4 is 5.32 Å². The number of aromatic nitrogens is 2. The molecule has 0 bridgehead atoms. The van der Waals surface area contributed by atoms with Crippen molar-refractivity contribution in [2.75, 3.05) is 13.6 Å². The normalized spacial score (nSPS) is 10.6. The number of nitrogens with zero attached hydrogens (tertiary/aromatic N) is 3. The molecule has 0 aliphatic carbocycles. The number of hydrogen-bond donors (Lipinski definition) is 1. The summed E-state index contributed by atoms with van der Waals surface area (Å²) in [6.07, 6.45) is 4.72. The molecule has 3 rings (SSSR count). The summed E-state index contributed by atoms with van der Waals surface area (Å²) >= 11 is 1.49. The zero-order valence-electron chi connectivity index (χ0n) is 15.2. The Morgan fingerprint density at radius 2 is 2.04 bits per heavy atom. The van der Waals surface area contributed by atoms with Crippen LogP contribution >= 0.6 is 11.3 Å². The molecule has 0 saturated heterocycles. The van der Waals surface area contributed by atoms with E-state index in [-0.39, 0.29) is 11.8 Å². The Kier molecular flexibility index (Phi) is 6.38. The smallest absolute Gasteiger partial charge is 0.252 e. The van der Waals surface area contributed by atoms with Crippen LogP contribution in [-0.2, 0) is 11.3 Å². The van der Waals surface area contributed by atoms with Crippen molar-refractivity contribution in [1.29, 1.82) is 0 Å². The summed E-state index contributed by atoms with van der Waals surface area (Å²) in [6.45, 7) is 0.993. The Labute approximate surface area is 162 Å². The lowest BCUT2D eigenvalue weighted by molar-refractivity contribution is -0.130. The minimum absolute atomic E-state index is 0.0484. The van der Waals surface area contributed by atoms with Gasteiger partial charge in [-0.1, -0.05) is 18.2 Å². The highest BCUT2D eigenvalue weighted by atomic mass is 32.1. The molecule has 7 heteroatoms. The van der Waals surface area contributed by atoms with E-state index in [2.05, 4.69) is 10.4 Å². The highest BCUT2D eigenvalue weighted by Crippen LogP contribution is 2.10. The van der Waals surface area contributed by atoms with Gasteiger partial charge in [0.25, 0.3) is 5.91 Å². The zero-order valence-corrected chi connectivity index (χ0v) is 16.0. The van der Waals surface area contributed by atoms with Crippen LogP contribution in [0.4, 0.5) is 0 Å². The van der Waals surface area contributed by atoms with Gasteiger partial charge in [0, 0.05) is 49.3 Å². The fourth-order valence-electron chi connectivity index (χ4n) is 2.65. The van der Waals surface area contributed by atoms with E-state index in [1.165, 1.54) is 11.3 Å². The van der Waals surface area contributed by atoms with Crippen molar-refractivity contribution in [2.24, 2.45) is 0 Å². The molecule has 6 nitrogen and oxygen atoms in total. The Balaban J connectivity index is 1.41. The molecule has 0 saturated carbocycles. The van der Waals surface area contributed by atoms with Gasteiger partial charge in [0.05, 0.1) is 11.9 Å². The number of benzene rings is 1. The molecule has 3 aromatic rings. The van der Waals surface area contributed by atoms with Crippen LogP contribution in [0.1, 0.15) is 28.8 Å². The highest BCUT2D eigenvalue weighted by molar-refractivity contribution is 7.08. The Hall–Kier alpha value is -2.93. The lowest BCUT2D eigenvalue weighted by Crippen LogP contribution is -2.28. The van der Waals surface area contributed by atoms with E-state index < -0.39 is 0 Å². The van der Waals surface area contributed by atoms with Crippen molar-refractivity contribution in [2.45, 2.75) is 19.4 Å². The fraction of sp³-hybridized carbons (Fsp3) is 0.250. The number of carbonyl (C=O) groups excluding carboxylic acids is 2. The molecule has 1 aromatic carbocycles. The van der Waals surface area contributed by atoms with Gasteiger partial charge in [-0.2, -0.15) is 16.4 Å². The van der Waals surface area contributed by atoms with Crippen LogP contribution in [0, 0.1) is 0 Å². The molecule has 140 valence electrons. The molecule has 0 aliphatic rings. The monoisotopic (exact) mass is 382 g/mol. The number of amides is 2. The number of carbonyl (C=O) groups is 2. The maximum atomic E-state index is 12.3. The van der Waals surface area contributed by atoms with Gasteiger partial charge in [-0.05, 0) is 30.0 Å². The van der Waals surface area contributed by atoms with E-state index in [1.54, 1.807) is 28.9 Å². The summed E-state index contributed by atoms with van der Waals surface area (Å²) in [5.41, 5.74) is 2.62. The maximum absolute atomic E-state index is 12.3. The summed E-state index contributed by atoms with van der Waals surface area (Å²) in [7, 11) is 1.78. The SMILES string of the molecule is CN(Cc1cnn(-c2ccccc2)c1)C(=O)CCCNC(=O)c1ccsc1. The lowest BCUT2D eigenvalue weighted by Gasteiger charge is -2.16. The first kappa shape index (κ1) is 18.8. The average molecular weight is 382 g/mol. The van der Waals surface area contributed by atoms with Crippen molar-refractivity contribution >= 4 is 23.2 Å². The van der Waals surface area contributed by atoms with E-state index in [1.807, 2.05) is 47.3 Å². The number of hydrogen-bond acceptors (Lipinski definition) is 4. The largest absolute Gasteiger partial charge is 0.352 e. The zero-order chi connectivity index (χ0) is 19.1. The van der Waals surface area contributed by atoms with E-state index in [4.69, 9.17) is 0 Å². The molecule has 2 aromatic heterocycles. The standard InChI is InChI=1S/C20H22N4O2S/c1-23(13-16-12-22-24(14-16)18-6-3-2-4-7-18)19(25)8-5-10-21-20(26)17-9-11-27-15-17/h2-4,6-7,9,11-12,14-15H,5,8,10,13H2,1H3,(H,21,26). The molecule has 0 spiro atoms. The van der Waals surface area contributed by atoms with Gasteiger partial charge in [-0.25, -0.2) is 4.68 Å². The number of thiophene rings is 1. The Morgan fingerprint density at radius 3 is 2.78 bits per heavy atom. The van der Waals surface area contributed by atoms with Crippen molar-refractivity contribution < 1.29 is 9.59 Å². The van der Waals surface area contributed by atoms with Crippen LogP contribution in [0.5, 0.6) is 0 Å². The second-order valence-electron chi connectivity index (χ2n) is 6.25. The first-order valence-electron chi connectivity index (χ1n) is 8.77. The summed E-state index contributed by atoms with van der Waals surface area (Å²) in [5, 5.41) is 10.9. The minimum Gasteiger partial charge on any atom is -0.352 e. The maximum Gasteiger partial charge on any atom is 0.252 e. The number of para-hydroxylation sites is 1. The van der Waals surface area contributed by atoms with E-state index in [9.17, 15) is 9.59 Å². The minimum atomic E-state index is -0.0922. The molecular weight excluding hydrogens is 360 g/mol. The predicted molar refractivity (Wildman–Crippen MR) is 106 cm³/mol. The Morgan fingerprint density at radius 1 is 1.22 bits per heavy atom. The van der Waals surface area contributed by atoms with Crippen molar-refractivity contribution in [3.05, 3.63) is 70.7 Å². The average Bonchev–Trinajstić information content (AvgIpc) is 3.37. The highest BCUT2D eigenvalue weighted by Gasteiger charge is 2.11. The van der Waals surface area contributed by atoms with Crippen molar-refractivity contribution in [3.8, 4) is 5.69 Å². The third kappa shape index (κ3) is 5.27. The van der Waals surface area contributed by atoms with E-state index >= 15 is 0 Å². The van der Waals surface area contributed by atoms with Crippen molar-refractivity contribution in [3.63, 3.8) is 0 Å². The lowest BCUT2D eigenvalue weighted by atomic mass is 10.2. The van der Waals surface area contributed by atoms with Gasteiger partial charge >= 0.3 is 0 Å². The topological polar surface area (TPSA) is 67.2 Å². The first-order chi connectivity index (χ1) is 13.1. The van der Waals surface area contributed by atoms with Crippen LogP contribution in [0.25, 0.3) is 5.69 Å². The van der Waals surface area contributed by atoms with Crippen LogP contribution in [-0.4, -0.2) is 40.1 Å². The fourth-order valence-corrected chi connectivity index (χ4v) is 3.29. The molecule has 0 fully saturated rings. The summed E-state index contributed by atoms with van der Waals surface area (Å²) in [4.78, 5) is 25.8. The molecule has 2 heterocycles. The second-order valence-corrected chi connectivity index (χ2v) is 7.03. The van der Waals surface area contributed by atoms with Crippen LogP contribution in [0.3, 0.4) is 0 Å². The van der Waals surface area contributed by atoms with Gasteiger partial charge in [-0.15, -0.1) is 0 Å². The number of nitrogens with one attached hydrogen (secondary N) is 1. The molecule has 2 amide bonds. The third-order valence-corrected chi connectivity index (χ3v) is 4.82. The van der Waals surface area contributed by atoms with Gasteiger partial charge in [0.15, 0.2) is 0 Å². The van der Waals surface area contributed by atoms with Crippen LogP contribution in [0.15, 0.2) is 59.6 Å². The molecule has 27 heavy (non-hydrogen) atoms. The predicted octanol–water partition coefficient (Wildman–Crippen LogP) is 3.10. The van der Waals surface area contributed by atoms with Crippen molar-refractivity contribution in [1.82, 2.24) is 20.0 Å². The van der Waals surface area contributed by atoms with Gasteiger partial charge in [0.2, 0.25) is 5.91 Å². The molecule has 0 radical (unpaired) electrons. The van der Waals surface area contributed by atoms with Gasteiger partial charge in [0.1, 0.15) is 0 Å². The summed E-state index contributed by atoms with van der Waals surface area (Å²) in [6, 6.07) is 11.6. The number of rotatable bonds is 8. The first-order valence-corrected chi connectivity index (χ1v) is 9.71. The van der Waals surface area contributed by atoms with Gasteiger partial charge in [-0.3, -0.25) is 9.59 Å². The van der Waals surface area contributed by atoms with Gasteiger partial charge < -0.3 is 10.2 Å². The third-order valence-electron chi connectivity index (χ3n) is 4.14. The quantitative estimate of drug-likeness (QED) is 0.609. The summed E-state index contributed by atoms with van der Waals surface area (Å²) in [5.74, 6) is -0.0439. The summed E-state index contributed by atoms with van der Waals surface area (Å²) < 4.78 is 1.80. The molecule has 0 unspecified atom stereocenters.